The van der Waals surface area contributed by atoms with Crippen LogP contribution in [0.1, 0.15) is 23.0 Å². The van der Waals surface area contributed by atoms with Gasteiger partial charge in [-0.05, 0) is 19.1 Å². The largest absolute Gasteiger partial charge is 0.354 e. The molecule has 2 amide bonds. The second kappa shape index (κ2) is 7.23. The van der Waals surface area contributed by atoms with Gasteiger partial charge in [-0.25, -0.2) is 4.98 Å². The summed E-state index contributed by atoms with van der Waals surface area (Å²) in [5.74, 6) is -0.467. The van der Waals surface area contributed by atoms with Gasteiger partial charge < -0.3 is 15.6 Å². The average Bonchev–Trinajstić information content (AvgIpc) is 3.01. The van der Waals surface area contributed by atoms with Crippen molar-refractivity contribution in [2.75, 3.05) is 6.54 Å². The van der Waals surface area contributed by atoms with Gasteiger partial charge >= 0.3 is 0 Å². The maximum absolute atomic E-state index is 11.9. The normalized spacial score (nSPS) is 11.7. The van der Waals surface area contributed by atoms with Crippen molar-refractivity contribution in [2.24, 2.45) is 0 Å². The van der Waals surface area contributed by atoms with E-state index in [1.165, 1.54) is 0 Å². The number of nitrogens with zero attached hydrogens (tertiary/aromatic N) is 1. The van der Waals surface area contributed by atoms with Crippen LogP contribution in [0.3, 0.4) is 0 Å². The fourth-order valence-corrected chi connectivity index (χ4v) is 1.83. The van der Waals surface area contributed by atoms with Crippen LogP contribution in [-0.2, 0) is 11.2 Å². The lowest BCUT2D eigenvalue weighted by molar-refractivity contribution is -0.122. The Morgan fingerprint density at radius 3 is 2.71 bits per heavy atom. The van der Waals surface area contributed by atoms with E-state index >= 15 is 0 Å². The SMILES string of the molecule is CC(NC(=O)c1ccccc1)C(=O)NCCc1cnc[nH]1. The number of aromatic amines is 1. The fraction of sp³-hybridized carbons (Fsp3) is 0.267. The molecule has 1 aromatic heterocycles. The first-order valence-electron chi connectivity index (χ1n) is 6.77. The van der Waals surface area contributed by atoms with Gasteiger partial charge in [0.05, 0.1) is 6.33 Å². The second-order valence-corrected chi connectivity index (χ2v) is 4.68. The molecule has 0 aliphatic heterocycles. The van der Waals surface area contributed by atoms with Crippen molar-refractivity contribution in [2.45, 2.75) is 19.4 Å². The van der Waals surface area contributed by atoms with Crippen LogP contribution in [0.4, 0.5) is 0 Å². The summed E-state index contributed by atoms with van der Waals surface area (Å²) < 4.78 is 0. The number of benzene rings is 1. The summed E-state index contributed by atoms with van der Waals surface area (Å²) in [6.07, 6.45) is 3.98. The Bertz CT molecular complexity index is 581. The standard InChI is InChI=1S/C15H18N4O2/c1-11(19-15(21)12-5-3-2-4-6-12)14(20)17-8-7-13-9-16-10-18-13/h2-6,9-11H,7-8H2,1H3,(H,16,18)(H,17,20)(H,19,21). The minimum absolute atomic E-state index is 0.209. The zero-order chi connectivity index (χ0) is 15.1. The van der Waals surface area contributed by atoms with Gasteiger partial charge in [0.25, 0.3) is 5.91 Å². The van der Waals surface area contributed by atoms with Crippen molar-refractivity contribution in [1.82, 2.24) is 20.6 Å². The second-order valence-electron chi connectivity index (χ2n) is 4.68. The van der Waals surface area contributed by atoms with E-state index in [9.17, 15) is 9.59 Å². The summed E-state index contributed by atoms with van der Waals surface area (Å²) in [5, 5.41) is 5.44. The molecule has 0 fully saturated rings. The molecule has 1 aromatic carbocycles. The van der Waals surface area contributed by atoms with Crippen LogP contribution in [0, 0.1) is 0 Å². The van der Waals surface area contributed by atoms with Gasteiger partial charge in [-0.3, -0.25) is 9.59 Å². The van der Waals surface area contributed by atoms with Crippen LogP contribution in [0.25, 0.3) is 0 Å². The number of hydrogen-bond donors (Lipinski definition) is 3. The molecule has 0 saturated carbocycles. The number of hydrogen-bond acceptors (Lipinski definition) is 3. The van der Waals surface area contributed by atoms with Gasteiger partial charge in [-0.2, -0.15) is 0 Å². The molecular weight excluding hydrogens is 268 g/mol. The third-order valence-corrected chi connectivity index (χ3v) is 3.03. The summed E-state index contributed by atoms with van der Waals surface area (Å²) in [7, 11) is 0. The number of carbonyl (C=O) groups is 2. The summed E-state index contributed by atoms with van der Waals surface area (Å²) in [5.41, 5.74) is 1.49. The molecule has 2 rings (SSSR count). The molecule has 6 heteroatoms. The van der Waals surface area contributed by atoms with E-state index in [2.05, 4.69) is 20.6 Å². The van der Waals surface area contributed by atoms with Crippen LogP contribution < -0.4 is 10.6 Å². The average molecular weight is 286 g/mol. The lowest BCUT2D eigenvalue weighted by Gasteiger charge is -2.14. The Kier molecular flexibility index (Phi) is 5.09. The molecule has 1 heterocycles. The van der Waals surface area contributed by atoms with Gasteiger partial charge in [0.1, 0.15) is 6.04 Å². The van der Waals surface area contributed by atoms with Crippen molar-refractivity contribution in [3.05, 3.63) is 54.1 Å². The predicted molar refractivity (Wildman–Crippen MR) is 78.7 cm³/mol. The monoisotopic (exact) mass is 286 g/mol. The van der Waals surface area contributed by atoms with Crippen LogP contribution in [0.15, 0.2) is 42.9 Å². The van der Waals surface area contributed by atoms with E-state index in [-0.39, 0.29) is 11.8 Å². The minimum Gasteiger partial charge on any atom is -0.354 e. The number of amides is 2. The van der Waals surface area contributed by atoms with Crippen molar-refractivity contribution in [3.8, 4) is 0 Å². The smallest absolute Gasteiger partial charge is 0.251 e. The van der Waals surface area contributed by atoms with Crippen molar-refractivity contribution in [1.29, 1.82) is 0 Å². The lowest BCUT2D eigenvalue weighted by atomic mass is 10.2. The third kappa shape index (κ3) is 4.45. The first kappa shape index (κ1) is 14.8. The first-order valence-corrected chi connectivity index (χ1v) is 6.77. The van der Waals surface area contributed by atoms with E-state index in [1.54, 1.807) is 43.7 Å². The molecule has 0 aliphatic carbocycles. The minimum atomic E-state index is -0.584. The van der Waals surface area contributed by atoms with E-state index < -0.39 is 6.04 Å². The maximum atomic E-state index is 11.9. The topological polar surface area (TPSA) is 86.9 Å². The van der Waals surface area contributed by atoms with E-state index in [1.807, 2.05) is 6.07 Å². The number of aromatic nitrogens is 2. The summed E-state index contributed by atoms with van der Waals surface area (Å²) in [4.78, 5) is 30.7. The van der Waals surface area contributed by atoms with Gasteiger partial charge in [0.2, 0.25) is 5.91 Å². The zero-order valence-corrected chi connectivity index (χ0v) is 11.8. The van der Waals surface area contributed by atoms with Crippen molar-refractivity contribution < 1.29 is 9.59 Å². The van der Waals surface area contributed by atoms with Crippen LogP contribution in [0.2, 0.25) is 0 Å². The Labute approximate surface area is 123 Å². The predicted octanol–water partition coefficient (Wildman–Crippen LogP) is 0.887. The van der Waals surface area contributed by atoms with Gasteiger partial charge in [-0.1, -0.05) is 18.2 Å². The van der Waals surface area contributed by atoms with Gasteiger partial charge in [-0.15, -0.1) is 0 Å². The number of imidazole rings is 1. The summed E-state index contributed by atoms with van der Waals surface area (Å²) in [6.45, 7) is 2.15. The molecule has 0 radical (unpaired) electrons. The van der Waals surface area contributed by atoms with Crippen LogP contribution >= 0.6 is 0 Å². The van der Waals surface area contributed by atoms with Gasteiger partial charge in [0, 0.05) is 30.4 Å². The highest BCUT2D eigenvalue weighted by molar-refractivity contribution is 5.97. The van der Waals surface area contributed by atoms with Gasteiger partial charge in [0.15, 0.2) is 0 Å². The summed E-state index contributed by atoms with van der Waals surface area (Å²) >= 11 is 0. The molecule has 21 heavy (non-hydrogen) atoms. The zero-order valence-electron chi connectivity index (χ0n) is 11.8. The Hall–Kier alpha value is -2.63. The molecule has 110 valence electrons. The van der Waals surface area contributed by atoms with Crippen LogP contribution in [0.5, 0.6) is 0 Å². The highest BCUT2D eigenvalue weighted by Crippen LogP contribution is 1.99. The molecular formula is C15H18N4O2. The molecule has 0 saturated heterocycles. The fourth-order valence-electron chi connectivity index (χ4n) is 1.83. The molecule has 0 spiro atoms. The molecule has 0 aliphatic rings. The van der Waals surface area contributed by atoms with Crippen molar-refractivity contribution in [3.63, 3.8) is 0 Å². The number of carbonyl (C=O) groups excluding carboxylic acids is 2. The van der Waals surface area contributed by atoms with E-state index in [0.29, 0.717) is 18.5 Å². The number of nitrogens with one attached hydrogen (secondary N) is 3. The maximum Gasteiger partial charge on any atom is 0.251 e. The molecule has 0 bridgehead atoms. The number of H-pyrrole nitrogens is 1. The Balaban J connectivity index is 1.76. The molecule has 6 nitrogen and oxygen atoms in total. The first-order chi connectivity index (χ1) is 10.2. The van der Waals surface area contributed by atoms with E-state index in [0.717, 1.165) is 5.69 Å². The van der Waals surface area contributed by atoms with Crippen LogP contribution in [-0.4, -0.2) is 34.4 Å². The summed E-state index contributed by atoms with van der Waals surface area (Å²) in [6, 6.07) is 8.23. The molecule has 2 aromatic rings. The Morgan fingerprint density at radius 1 is 1.29 bits per heavy atom. The van der Waals surface area contributed by atoms with E-state index in [4.69, 9.17) is 0 Å². The molecule has 3 N–H and O–H groups in total. The quantitative estimate of drug-likeness (QED) is 0.737. The third-order valence-electron chi connectivity index (χ3n) is 3.03. The highest BCUT2D eigenvalue weighted by atomic mass is 16.2. The number of rotatable bonds is 6. The molecule has 1 unspecified atom stereocenters. The van der Waals surface area contributed by atoms with Crippen molar-refractivity contribution >= 4 is 11.8 Å². The lowest BCUT2D eigenvalue weighted by Crippen LogP contribution is -2.45. The highest BCUT2D eigenvalue weighted by Gasteiger charge is 2.15. The Morgan fingerprint density at radius 2 is 2.05 bits per heavy atom. The molecule has 1 atom stereocenters.